The smallest absolute Gasteiger partial charge is 0.143 e. The number of rotatable bonds is 2. The predicted octanol–water partition coefficient (Wildman–Crippen LogP) is 1.94. The van der Waals surface area contributed by atoms with Crippen LogP contribution in [0, 0.1) is 0 Å². The number of methoxy groups -OCH3 is 2. The molecule has 0 bridgehead atoms. The summed E-state index contributed by atoms with van der Waals surface area (Å²) >= 11 is 5.82. The van der Waals surface area contributed by atoms with E-state index >= 15 is 0 Å². The van der Waals surface area contributed by atoms with Gasteiger partial charge in [-0.05, 0) is 0 Å². The molecule has 1 aromatic carbocycles. The van der Waals surface area contributed by atoms with Crippen molar-refractivity contribution in [2.24, 2.45) is 0 Å². The number of nitrogens with two attached hydrogens (primary N) is 1. The topological polar surface area (TPSA) is 44.5 Å². The SMILES string of the molecule is COc1cc(N)c(Cl)c(OC)c1. The van der Waals surface area contributed by atoms with Crippen molar-refractivity contribution in [1.29, 1.82) is 0 Å². The third kappa shape index (κ3) is 1.56. The van der Waals surface area contributed by atoms with Crippen LogP contribution in [0.4, 0.5) is 5.69 Å². The Balaban J connectivity index is 3.19. The lowest BCUT2D eigenvalue weighted by atomic mass is 10.3. The van der Waals surface area contributed by atoms with Gasteiger partial charge in [0.05, 0.1) is 19.9 Å². The lowest BCUT2D eigenvalue weighted by Crippen LogP contribution is -1.93. The van der Waals surface area contributed by atoms with Crippen LogP contribution in [0.2, 0.25) is 5.02 Å². The van der Waals surface area contributed by atoms with Gasteiger partial charge in [0.1, 0.15) is 16.5 Å². The number of anilines is 1. The van der Waals surface area contributed by atoms with Crippen LogP contribution in [-0.2, 0) is 0 Å². The van der Waals surface area contributed by atoms with E-state index in [1.807, 2.05) is 0 Å². The van der Waals surface area contributed by atoms with Crippen molar-refractivity contribution in [2.75, 3.05) is 20.0 Å². The fourth-order valence-corrected chi connectivity index (χ4v) is 1.05. The summed E-state index contributed by atoms with van der Waals surface area (Å²) in [6.07, 6.45) is 0. The van der Waals surface area contributed by atoms with Gasteiger partial charge in [-0.3, -0.25) is 0 Å². The van der Waals surface area contributed by atoms with E-state index < -0.39 is 0 Å². The van der Waals surface area contributed by atoms with E-state index in [4.69, 9.17) is 26.8 Å². The summed E-state index contributed by atoms with van der Waals surface area (Å²) in [5, 5.41) is 0.415. The molecule has 1 rings (SSSR count). The molecule has 0 aliphatic rings. The monoisotopic (exact) mass is 187 g/mol. The van der Waals surface area contributed by atoms with Crippen LogP contribution in [0.25, 0.3) is 0 Å². The third-order valence-electron chi connectivity index (χ3n) is 1.50. The first-order valence-electron chi connectivity index (χ1n) is 3.36. The molecular weight excluding hydrogens is 178 g/mol. The second-order valence-electron chi connectivity index (χ2n) is 2.23. The highest BCUT2D eigenvalue weighted by Crippen LogP contribution is 2.34. The first-order chi connectivity index (χ1) is 5.69. The molecule has 0 radical (unpaired) electrons. The molecule has 0 aliphatic heterocycles. The van der Waals surface area contributed by atoms with Gasteiger partial charge < -0.3 is 15.2 Å². The minimum absolute atomic E-state index is 0.415. The summed E-state index contributed by atoms with van der Waals surface area (Å²) in [5.74, 6) is 1.15. The van der Waals surface area contributed by atoms with Crippen molar-refractivity contribution in [1.82, 2.24) is 0 Å². The summed E-state index contributed by atoms with van der Waals surface area (Å²) in [6.45, 7) is 0. The first kappa shape index (κ1) is 9.00. The molecule has 4 heteroatoms. The fourth-order valence-electron chi connectivity index (χ4n) is 0.860. The predicted molar refractivity (Wildman–Crippen MR) is 49.0 cm³/mol. The van der Waals surface area contributed by atoms with Gasteiger partial charge in [-0.15, -0.1) is 0 Å². The van der Waals surface area contributed by atoms with Gasteiger partial charge in [0.15, 0.2) is 0 Å². The summed E-state index contributed by atoms with van der Waals surface area (Å²) < 4.78 is 9.95. The third-order valence-corrected chi connectivity index (χ3v) is 1.90. The number of ether oxygens (including phenoxy) is 2. The molecular formula is C8H10ClNO2. The molecule has 0 saturated carbocycles. The van der Waals surface area contributed by atoms with Gasteiger partial charge in [-0.25, -0.2) is 0 Å². The van der Waals surface area contributed by atoms with Crippen LogP contribution >= 0.6 is 11.6 Å². The van der Waals surface area contributed by atoms with Crippen molar-refractivity contribution in [2.45, 2.75) is 0 Å². The zero-order valence-electron chi connectivity index (χ0n) is 6.93. The van der Waals surface area contributed by atoms with Gasteiger partial charge in [0.25, 0.3) is 0 Å². The molecule has 0 atom stereocenters. The lowest BCUT2D eigenvalue weighted by Gasteiger charge is -2.07. The van der Waals surface area contributed by atoms with Gasteiger partial charge in [0, 0.05) is 12.1 Å². The summed E-state index contributed by atoms with van der Waals surface area (Å²) in [6, 6.07) is 3.32. The van der Waals surface area contributed by atoms with Crippen molar-refractivity contribution < 1.29 is 9.47 Å². The molecule has 0 heterocycles. The van der Waals surface area contributed by atoms with Crippen LogP contribution in [0.15, 0.2) is 12.1 Å². The Hall–Kier alpha value is -1.09. The van der Waals surface area contributed by atoms with Gasteiger partial charge in [-0.1, -0.05) is 11.6 Å². The normalized spacial score (nSPS) is 9.58. The first-order valence-corrected chi connectivity index (χ1v) is 3.74. The highest BCUT2D eigenvalue weighted by Gasteiger charge is 2.06. The molecule has 0 fully saturated rings. The summed E-state index contributed by atoms with van der Waals surface area (Å²) in [7, 11) is 3.09. The Labute approximate surface area is 76.0 Å². The van der Waals surface area contributed by atoms with E-state index in [2.05, 4.69) is 0 Å². The largest absolute Gasteiger partial charge is 0.497 e. The van der Waals surface area contributed by atoms with Crippen molar-refractivity contribution in [3.05, 3.63) is 17.2 Å². The Morgan fingerprint density at radius 2 is 1.92 bits per heavy atom. The van der Waals surface area contributed by atoms with E-state index in [-0.39, 0.29) is 0 Å². The molecule has 0 aromatic heterocycles. The Bertz CT molecular complexity index is 289. The number of nitrogen functional groups attached to an aromatic ring is 1. The molecule has 66 valence electrons. The van der Waals surface area contributed by atoms with E-state index in [9.17, 15) is 0 Å². The van der Waals surface area contributed by atoms with Crippen LogP contribution < -0.4 is 15.2 Å². The molecule has 0 saturated heterocycles. The second-order valence-corrected chi connectivity index (χ2v) is 2.61. The number of benzene rings is 1. The molecule has 2 N–H and O–H groups in total. The minimum atomic E-state index is 0.415. The van der Waals surface area contributed by atoms with Gasteiger partial charge >= 0.3 is 0 Å². The maximum Gasteiger partial charge on any atom is 0.143 e. The fraction of sp³-hybridized carbons (Fsp3) is 0.250. The number of hydrogen-bond donors (Lipinski definition) is 1. The average molecular weight is 188 g/mol. The molecule has 0 unspecified atom stereocenters. The van der Waals surface area contributed by atoms with Crippen LogP contribution in [0.1, 0.15) is 0 Å². The highest BCUT2D eigenvalue weighted by atomic mass is 35.5. The number of halogens is 1. The zero-order chi connectivity index (χ0) is 9.14. The molecule has 1 aromatic rings. The summed E-state index contributed by atoms with van der Waals surface area (Å²) in [4.78, 5) is 0. The van der Waals surface area contributed by atoms with Crippen LogP contribution in [0.3, 0.4) is 0 Å². The quantitative estimate of drug-likeness (QED) is 0.720. The number of hydrogen-bond acceptors (Lipinski definition) is 3. The van der Waals surface area contributed by atoms with Gasteiger partial charge in [-0.2, -0.15) is 0 Å². The summed E-state index contributed by atoms with van der Waals surface area (Å²) in [5.41, 5.74) is 6.03. The van der Waals surface area contributed by atoms with Crippen molar-refractivity contribution in [3.8, 4) is 11.5 Å². The Morgan fingerprint density at radius 3 is 2.42 bits per heavy atom. The molecule has 0 spiro atoms. The second kappa shape index (κ2) is 3.54. The van der Waals surface area contributed by atoms with Crippen molar-refractivity contribution >= 4 is 17.3 Å². The van der Waals surface area contributed by atoms with Crippen molar-refractivity contribution in [3.63, 3.8) is 0 Å². The standard InChI is InChI=1S/C8H10ClNO2/c1-11-5-3-6(10)8(9)7(4-5)12-2/h3-4H,10H2,1-2H3. The van der Waals surface area contributed by atoms with Crippen LogP contribution in [-0.4, -0.2) is 14.2 Å². The average Bonchev–Trinajstić information content (AvgIpc) is 2.09. The van der Waals surface area contributed by atoms with E-state index in [0.717, 1.165) is 0 Å². The Kier molecular flexibility index (Phi) is 2.65. The van der Waals surface area contributed by atoms with Gasteiger partial charge in [0.2, 0.25) is 0 Å². The minimum Gasteiger partial charge on any atom is -0.497 e. The maximum atomic E-state index is 5.82. The molecule has 0 amide bonds. The molecule has 12 heavy (non-hydrogen) atoms. The highest BCUT2D eigenvalue weighted by molar-refractivity contribution is 6.34. The van der Waals surface area contributed by atoms with E-state index in [1.165, 1.54) is 7.11 Å². The van der Waals surface area contributed by atoms with E-state index in [0.29, 0.717) is 22.2 Å². The Morgan fingerprint density at radius 1 is 1.25 bits per heavy atom. The maximum absolute atomic E-state index is 5.82. The van der Waals surface area contributed by atoms with E-state index in [1.54, 1.807) is 19.2 Å². The zero-order valence-corrected chi connectivity index (χ0v) is 7.68. The molecule has 0 aliphatic carbocycles. The van der Waals surface area contributed by atoms with Crippen LogP contribution in [0.5, 0.6) is 11.5 Å². The molecule has 3 nitrogen and oxygen atoms in total. The lowest BCUT2D eigenvalue weighted by molar-refractivity contribution is 0.395.